The van der Waals surface area contributed by atoms with Crippen LogP contribution in [-0.2, 0) is 0 Å². The van der Waals surface area contributed by atoms with Crippen molar-refractivity contribution in [2.45, 2.75) is 13.0 Å². The summed E-state index contributed by atoms with van der Waals surface area (Å²) in [4.78, 5) is 23.1. The molecule has 0 saturated carbocycles. The minimum atomic E-state index is -0.822. The number of rotatable bonds is 5. The molecule has 1 aromatic heterocycles. The lowest BCUT2D eigenvalue weighted by Gasteiger charge is -2.11. The number of nitrogens with zero attached hydrogens (tertiary/aromatic N) is 1. The molecule has 7 heteroatoms. The SMILES string of the molecule is Cc1ccsc1C(O)CNC(=O)c1ccccc1[N+](=O)[O-]. The van der Waals surface area contributed by atoms with Gasteiger partial charge < -0.3 is 10.4 Å². The number of amides is 1. The Morgan fingerprint density at radius 3 is 2.76 bits per heavy atom. The van der Waals surface area contributed by atoms with Crippen molar-refractivity contribution in [1.29, 1.82) is 0 Å². The van der Waals surface area contributed by atoms with E-state index in [2.05, 4.69) is 5.32 Å². The van der Waals surface area contributed by atoms with Crippen LogP contribution in [0.1, 0.15) is 26.9 Å². The zero-order valence-corrected chi connectivity index (χ0v) is 12.1. The van der Waals surface area contributed by atoms with Gasteiger partial charge in [-0.3, -0.25) is 14.9 Å². The summed E-state index contributed by atoms with van der Waals surface area (Å²) in [5, 5.41) is 25.3. The molecule has 6 nitrogen and oxygen atoms in total. The zero-order valence-electron chi connectivity index (χ0n) is 11.3. The molecule has 2 rings (SSSR count). The number of thiophene rings is 1. The molecule has 21 heavy (non-hydrogen) atoms. The minimum absolute atomic E-state index is 0.00619. The summed E-state index contributed by atoms with van der Waals surface area (Å²) in [6.45, 7) is 1.88. The van der Waals surface area contributed by atoms with Crippen LogP contribution >= 0.6 is 11.3 Å². The van der Waals surface area contributed by atoms with E-state index in [4.69, 9.17) is 0 Å². The van der Waals surface area contributed by atoms with E-state index in [0.717, 1.165) is 10.4 Å². The Morgan fingerprint density at radius 1 is 1.43 bits per heavy atom. The highest BCUT2D eigenvalue weighted by Crippen LogP contribution is 2.23. The fraction of sp³-hybridized carbons (Fsp3) is 0.214. The van der Waals surface area contributed by atoms with Crippen molar-refractivity contribution < 1.29 is 14.8 Å². The molecule has 0 saturated heterocycles. The number of para-hydroxylation sites is 1. The first-order valence-electron chi connectivity index (χ1n) is 6.24. The predicted molar refractivity (Wildman–Crippen MR) is 79.4 cm³/mol. The number of aliphatic hydroxyl groups is 1. The highest BCUT2D eigenvalue weighted by atomic mass is 32.1. The van der Waals surface area contributed by atoms with E-state index in [1.54, 1.807) is 6.07 Å². The largest absolute Gasteiger partial charge is 0.386 e. The van der Waals surface area contributed by atoms with Crippen LogP contribution in [0, 0.1) is 17.0 Å². The number of aliphatic hydroxyl groups excluding tert-OH is 1. The molecule has 1 atom stereocenters. The molecule has 0 spiro atoms. The molecule has 1 aromatic carbocycles. The van der Waals surface area contributed by atoms with E-state index in [0.29, 0.717) is 0 Å². The van der Waals surface area contributed by atoms with Crippen LogP contribution in [-0.4, -0.2) is 22.5 Å². The van der Waals surface area contributed by atoms with E-state index in [1.807, 2.05) is 18.4 Å². The maximum Gasteiger partial charge on any atom is 0.282 e. The normalized spacial score (nSPS) is 11.9. The molecule has 1 unspecified atom stereocenters. The van der Waals surface area contributed by atoms with Gasteiger partial charge in [0.25, 0.3) is 11.6 Å². The smallest absolute Gasteiger partial charge is 0.282 e. The summed E-state index contributed by atoms with van der Waals surface area (Å²) < 4.78 is 0. The second-order valence-corrected chi connectivity index (χ2v) is 5.42. The van der Waals surface area contributed by atoms with Crippen molar-refractivity contribution in [2.24, 2.45) is 0 Å². The number of nitro groups is 1. The highest BCUT2D eigenvalue weighted by Gasteiger charge is 2.20. The Bertz CT molecular complexity index is 668. The number of aryl methyl sites for hydroxylation is 1. The average Bonchev–Trinajstić information content (AvgIpc) is 2.90. The second-order valence-electron chi connectivity index (χ2n) is 4.47. The molecular weight excluding hydrogens is 292 g/mol. The van der Waals surface area contributed by atoms with E-state index in [-0.39, 0.29) is 17.8 Å². The highest BCUT2D eigenvalue weighted by molar-refractivity contribution is 7.10. The summed E-state index contributed by atoms with van der Waals surface area (Å²) in [6, 6.07) is 7.60. The Balaban J connectivity index is 2.06. The molecule has 2 aromatic rings. The van der Waals surface area contributed by atoms with E-state index < -0.39 is 16.9 Å². The number of carbonyl (C=O) groups is 1. The molecule has 110 valence electrons. The van der Waals surface area contributed by atoms with Crippen LogP contribution in [0.2, 0.25) is 0 Å². The molecule has 0 fully saturated rings. The molecule has 2 N–H and O–H groups in total. The van der Waals surface area contributed by atoms with Gasteiger partial charge in [-0.15, -0.1) is 11.3 Å². The first kappa shape index (κ1) is 15.1. The standard InChI is InChI=1S/C14H14N2O4S/c1-9-6-7-21-13(9)12(17)8-15-14(18)10-4-2-3-5-11(10)16(19)20/h2-7,12,17H,8H2,1H3,(H,15,18). The quantitative estimate of drug-likeness (QED) is 0.655. The number of nitro benzene ring substituents is 1. The molecule has 0 aliphatic carbocycles. The summed E-state index contributed by atoms with van der Waals surface area (Å²) in [5.41, 5.74) is 0.682. The van der Waals surface area contributed by atoms with Gasteiger partial charge in [0.2, 0.25) is 0 Å². The van der Waals surface area contributed by atoms with Crippen molar-refractivity contribution in [3.63, 3.8) is 0 Å². The van der Waals surface area contributed by atoms with Crippen LogP contribution in [0.25, 0.3) is 0 Å². The first-order valence-corrected chi connectivity index (χ1v) is 7.12. The third-order valence-corrected chi connectivity index (χ3v) is 4.13. The number of nitrogens with one attached hydrogen (secondary N) is 1. The van der Waals surface area contributed by atoms with Crippen molar-refractivity contribution in [2.75, 3.05) is 6.54 Å². The van der Waals surface area contributed by atoms with Gasteiger partial charge in [-0.1, -0.05) is 12.1 Å². The topological polar surface area (TPSA) is 92.5 Å². The number of carbonyl (C=O) groups excluding carboxylic acids is 1. The van der Waals surface area contributed by atoms with Gasteiger partial charge in [-0.25, -0.2) is 0 Å². The van der Waals surface area contributed by atoms with Gasteiger partial charge in [-0.05, 0) is 30.0 Å². The fourth-order valence-corrected chi connectivity index (χ4v) is 2.84. The van der Waals surface area contributed by atoms with Gasteiger partial charge in [0.05, 0.1) is 4.92 Å². The van der Waals surface area contributed by atoms with Gasteiger partial charge in [0.15, 0.2) is 0 Å². The van der Waals surface area contributed by atoms with Crippen molar-refractivity contribution in [1.82, 2.24) is 5.32 Å². The van der Waals surface area contributed by atoms with Crippen LogP contribution in [0.5, 0.6) is 0 Å². The third kappa shape index (κ3) is 3.45. The summed E-state index contributed by atoms with van der Waals surface area (Å²) in [5.74, 6) is -0.574. The summed E-state index contributed by atoms with van der Waals surface area (Å²) >= 11 is 1.40. The number of benzene rings is 1. The molecular formula is C14H14N2O4S. The molecule has 1 heterocycles. The van der Waals surface area contributed by atoms with E-state index in [1.165, 1.54) is 29.5 Å². The molecule has 1 amide bonds. The van der Waals surface area contributed by atoms with Crippen molar-refractivity contribution in [3.8, 4) is 0 Å². The lowest BCUT2D eigenvalue weighted by atomic mass is 10.1. The van der Waals surface area contributed by atoms with Crippen LogP contribution in [0.15, 0.2) is 35.7 Å². The monoisotopic (exact) mass is 306 g/mol. The van der Waals surface area contributed by atoms with Crippen molar-refractivity contribution in [3.05, 3.63) is 61.8 Å². The maximum absolute atomic E-state index is 12.0. The Labute approximate surface area is 125 Å². The zero-order chi connectivity index (χ0) is 15.4. The Kier molecular flexibility index (Phi) is 4.66. The Morgan fingerprint density at radius 2 is 2.14 bits per heavy atom. The van der Waals surface area contributed by atoms with Crippen LogP contribution in [0.3, 0.4) is 0 Å². The van der Waals surface area contributed by atoms with E-state index in [9.17, 15) is 20.0 Å². The van der Waals surface area contributed by atoms with Gasteiger partial charge in [0, 0.05) is 17.5 Å². The first-order chi connectivity index (χ1) is 10.0. The summed E-state index contributed by atoms with van der Waals surface area (Å²) in [6.07, 6.45) is -0.822. The van der Waals surface area contributed by atoms with Gasteiger partial charge in [0.1, 0.15) is 11.7 Å². The van der Waals surface area contributed by atoms with Crippen molar-refractivity contribution >= 4 is 22.9 Å². The molecule has 0 aliphatic heterocycles. The minimum Gasteiger partial charge on any atom is -0.386 e. The Hall–Kier alpha value is -2.25. The lowest BCUT2D eigenvalue weighted by Crippen LogP contribution is -2.28. The lowest BCUT2D eigenvalue weighted by molar-refractivity contribution is -0.385. The van der Waals surface area contributed by atoms with Gasteiger partial charge in [-0.2, -0.15) is 0 Å². The van der Waals surface area contributed by atoms with Gasteiger partial charge >= 0.3 is 0 Å². The van der Waals surface area contributed by atoms with E-state index >= 15 is 0 Å². The average molecular weight is 306 g/mol. The number of hydrogen-bond donors (Lipinski definition) is 2. The maximum atomic E-state index is 12.0. The fourth-order valence-electron chi connectivity index (χ4n) is 1.93. The molecule has 0 bridgehead atoms. The number of hydrogen-bond acceptors (Lipinski definition) is 5. The van der Waals surface area contributed by atoms with Crippen LogP contribution < -0.4 is 5.32 Å². The predicted octanol–water partition coefficient (Wildman–Crippen LogP) is 2.43. The second kappa shape index (κ2) is 6.47. The molecule has 0 radical (unpaired) electrons. The third-order valence-electron chi connectivity index (χ3n) is 3.01. The van der Waals surface area contributed by atoms with Crippen LogP contribution in [0.4, 0.5) is 5.69 Å². The molecule has 0 aliphatic rings. The summed E-state index contributed by atoms with van der Waals surface area (Å²) in [7, 11) is 0.